The van der Waals surface area contributed by atoms with E-state index in [2.05, 4.69) is 5.32 Å². The minimum atomic E-state index is -4.66. The molecular formula is C32H34F5N3O5. The lowest BCUT2D eigenvalue weighted by Gasteiger charge is -2.26. The Morgan fingerprint density at radius 1 is 1.13 bits per heavy atom. The summed E-state index contributed by atoms with van der Waals surface area (Å²) in [6.07, 6.45) is -3.91. The summed E-state index contributed by atoms with van der Waals surface area (Å²) in [5.41, 5.74) is 1.02. The number of ether oxygens (including phenoxy) is 2. The second-order valence-corrected chi connectivity index (χ2v) is 10.9. The Hall–Kier alpha value is -4.42. The van der Waals surface area contributed by atoms with Crippen molar-refractivity contribution >= 4 is 17.4 Å². The van der Waals surface area contributed by atoms with Crippen LogP contribution in [0.5, 0.6) is 11.5 Å². The molecule has 45 heavy (non-hydrogen) atoms. The van der Waals surface area contributed by atoms with Gasteiger partial charge in [-0.25, -0.2) is 8.78 Å². The summed E-state index contributed by atoms with van der Waals surface area (Å²) in [6, 6.07) is 3.06. The van der Waals surface area contributed by atoms with Crippen LogP contribution < -0.4 is 25.7 Å². The van der Waals surface area contributed by atoms with Crippen LogP contribution in [0.15, 0.2) is 35.1 Å². The average molecular weight is 636 g/mol. The molecule has 0 aliphatic carbocycles. The third-order valence-corrected chi connectivity index (χ3v) is 7.93. The number of hydrogen-bond acceptors (Lipinski definition) is 6. The van der Waals surface area contributed by atoms with Crippen molar-refractivity contribution in [3.8, 4) is 22.6 Å². The first kappa shape index (κ1) is 33.5. The second-order valence-electron chi connectivity index (χ2n) is 10.9. The molecule has 1 amide bonds. The number of nitrogens with zero attached hydrogens (tertiary/aromatic N) is 1. The molecule has 242 valence electrons. The number of aromatic nitrogens is 1. The van der Waals surface area contributed by atoms with Crippen LogP contribution in [0.2, 0.25) is 0 Å². The lowest BCUT2D eigenvalue weighted by atomic mass is 9.89. The minimum absolute atomic E-state index is 0.0528. The van der Waals surface area contributed by atoms with E-state index in [1.165, 1.54) is 25.5 Å². The molecule has 1 aromatic heterocycles. The number of carbonyl (C=O) groups excluding carboxylic acids is 2. The van der Waals surface area contributed by atoms with Gasteiger partial charge in [0.05, 0.1) is 25.3 Å². The van der Waals surface area contributed by atoms with Crippen LogP contribution in [-0.2, 0) is 24.7 Å². The van der Waals surface area contributed by atoms with Crippen molar-refractivity contribution in [2.24, 2.45) is 7.05 Å². The number of ketones is 1. The monoisotopic (exact) mass is 635 g/mol. The van der Waals surface area contributed by atoms with Gasteiger partial charge in [0.2, 0.25) is 0 Å². The van der Waals surface area contributed by atoms with Crippen molar-refractivity contribution in [2.45, 2.75) is 64.7 Å². The highest BCUT2D eigenvalue weighted by molar-refractivity contribution is 5.98. The molecule has 0 fully saturated rings. The Morgan fingerprint density at radius 2 is 1.80 bits per heavy atom. The van der Waals surface area contributed by atoms with Crippen LogP contribution in [0.3, 0.4) is 0 Å². The number of rotatable bonds is 10. The zero-order valence-electron chi connectivity index (χ0n) is 25.5. The third kappa shape index (κ3) is 6.97. The maximum absolute atomic E-state index is 14.9. The summed E-state index contributed by atoms with van der Waals surface area (Å²) < 4.78 is 82.2. The highest BCUT2D eigenvalue weighted by atomic mass is 19.4. The number of nitrogens with one attached hydrogen (secondary N) is 2. The summed E-state index contributed by atoms with van der Waals surface area (Å²) >= 11 is 0. The van der Waals surface area contributed by atoms with E-state index in [0.29, 0.717) is 71.0 Å². The number of Topliss-reactive ketones (excluding diaryl/α,β-unsaturated/α-hetero) is 1. The number of carbonyl (C=O) groups is 2. The molecular weight excluding hydrogens is 601 g/mol. The first-order valence-corrected chi connectivity index (χ1v) is 14.3. The fourth-order valence-electron chi connectivity index (χ4n) is 5.36. The molecule has 0 saturated carbocycles. The number of aryl methyl sites for hydroxylation is 1. The van der Waals surface area contributed by atoms with Crippen molar-refractivity contribution in [2.75, 3.05) is 19.0 Å². The number of pyridine rings is 1. The molecule has 2 atom stereocenters. The van der Waals surface area contributed by atoms with Gasteiger partial charge in [0.1, 0.15) is 34.7 Å². The Kier molecular flexibility index (Phi) is 9.89. The Labute approximate surface area is 256 Å². The molecule has 4 rings (SSSR count). The molecule has 2 aromatic carbocycles. The van der Waals surface area contributed by atoms with Gasteiger partial charge in [0, 0.05) is 36.5 Å². The maximum Gasteiger partial charge on any atom is 0.408 e. The molecule has 0 spiro atoms. The fourth-order valence-corrected chi connectivity index (χ4v) is 5.36. The molecule has 1 aliphatic heterocycles. The number of methoxy groups -OCH3 is 1. The van der Waals surface area contributed by atoms with E-state index >= 15 is 0 Å². The summed E-state index contributed by atoms with van der Waals surface area (Å²) in [7, 11) is 3.10. The molecule has 0 radical (unpaired) electrons. The molecule has 2 N–H and O–H groups in total. The first-order chi connectivity index (χ1) is 21.2. The zero-order chi connectivity index (χ0) is 33.2. The van der Waals surface area contributed by atoms with E-state index < -0.39 is 52.8 Å². The summed E-state index contributed by atoms with van der Waals surface area (Å²) in [5.74, 6) is -3.72. The highest BCUT2D eigenvalue weighted by Crippen LogP contribution is 2.41. The lowest BCUT2D eigenvalue weighted by molar-refractivity contribution is -0.142. The molecule has 1 aliphatic rings. The summed E-state index contributed by atoms with van der Waals surface area (Å²) in [4.78, 5) is 38.9. The topological polar surface area (TPSA) is 98.7 Å². The smallest absolute Gasteiger partial charge is 0.408 e. The van der Waals surface area contributed by atoms with Crippen molar-refractivity contribution < 1.29 is 41.0 Å². The number of benzene rings is 2. The lowest BCUT2D eigenvalue weighted by Crippen LogP contribution is -2.42. The highest BCUT2D eigenvalue weighted by Gasteiger charge is 2.38. The molecule has 0 bridgehead atoms. The molecule has 13 heteroatoms. The standard InChI is InChI=1S/C32H34F5N3O5/c1-6-26(32(35,36)37)38-19-14-22(33)28(23(34)15-19)30(42)39-24(17(3)41)13-18-9-10-21(29-20(18)8-7-11-45-29)27-25(44-5)12-16(2)40(4)31(27)43/h9-10,12,14-15,24,26,38H,6-8,11,13H2,1-5H3,(H,39,42)/t24-,26+/m0/s1. The van der Waals surface area contributed by atoms with Crippen LogP contribution >= 0.6 is 0 Å². The van der Waals surface area contributed by atoms with E-state index in [1.54, 1.807) is 32.2 Å². The number of fused-ring (bicyclic) bond motifs is 1. The molecule has 0 saturated heterocycles. The van der Waals surface area contributed by atoms with E-state index in [-0.39, 0.29) is 18.4 Å². The number of hydrogen-bond donors (Lipinski definition) is 2. The van der Waals surface area contributed by atoms with E-state index in [9.17, 15) is 36.3 Å². The maximum atomic E-state index is 14.9. The predicted octanol–water partition coefficient (Wildman–Crippen LogP) is 5.66. The van der Waals surface area contributed by atoms with Gasteiger partial charge in [0.25, 0.3) is 11.5 Å². The summed E-state index contributed by atoms with van der Waals surface area (Å²) in [6.45, 7) is 4.64. The van der Waals surface area contributed by atoms with Crippen molar-refractivity contribution in [1.29, 1.82) is 0 Å². The van der Waals surface area contributed by atoms with Gasteiger partial charge >= 0.3 is 6.18 Å². The Morgan fingerprint density at radius 3 is 2.38 bits per heavy atom. The SMILES string of the molecule is CC[C@@H](Nc1cc(F)c(C(=O)N[C@@H](Cc2ccc(-c3c(OC)cc(C)n(C)c3=O)c3c2CCCO3)C(C)=O)c(F)c1)C(F)(F)F. The van der Waals surface area contributed by atoms with Crippen LogP contribution in [0.1, 0.15) is 53.9 Å². The van der Waals surface area contributed by atoms with Gasteiger partial charge < -0.3 is 24.7 Å². The Bertz CT molecular complexity index is 1660. The van der Waals surface area contributed by atoms with Crippen LogP contribution in [0, 0.1) is 18.6 Å². The quantitative estimate of drug-likeness (QED) is 0.280. The number of amides is 1. The zero-order valence-corrected chi connectivity index (χ0v) is 25.5. The normalized spacial score (nSPS) is 14.2. The predicted molar refractivity (Wildman–Crippen MR) is 158 cm³/mol. The molecule has 2 heterocycles. The van der Waals surface area contributed by atoms with Gasteiger partial charge in [0.15, 0.2) is 5.78 Å². The summed E-state index contributed by atoms with van der Waals surface area (Å²) in [5, 5.41) is 4.41. The van der Waals surface area contributed by atoms with Crippen molar-refractivity contribution in [3.63, 3.8) is 0 Å². The van der Waals surface area contributed by atoms with Gasteiger partial charge in [-0.1, -0.05) is 19.1 Å². The second kappa shape index (κ2) is 13.3. The van der Waals surface area contributed by atoms with Gasteiger partial charge in [-0.05, 0) is 56.4 Å². The minimum Gasteiger partial charge on any atom is -0.496 e. The number of alkyl halides is 3. The molecule has 8 nitrogen and oxygen atoms in total. The van der Waals surface area contributed by atoms with Gasteiger partial charge in [-0.15, -0.1) is 0 Å². The van der Waals surface area contributed by atoms with Gasteiger partial charge in [-0.2, -0.15) is 13.2 Å². The number of halogens is 5. The van der Waals surface area contributed by atoms with E-state index in [1.807, 2.05) is 5.32 Å². The van der Waals surface area contributed by atoms with Crippen LogP contribution in [0.25, 0.3) is 11.1 Å². The number of anilines is 1. The van der Waals surface area contributed by atoms with E-state index in [4.69, 9.17) is 9.47 Å². The third-order valence-electron chi connectivity index (χ3n) is 7.93. The largest absolute Gasteiger partial charge is 0.496 e. The van der Waals surface area contributed by atoms with Gasteiger partial charge in [-0.3, -0.25) is 14.4 Å². The molecule has 3 aromatic rings. The average Bonchev–Trinajstić information content (AvgIpc) is 2.97. The Balaban J connectivity index is 1.65. The van der Waals surface area contributed by atoms with Crippen molar-refractivity contribution in [1.82, 2.24) is 9.88 Å². The van der Waals surface area contributed by atoms with Crippen LogP contribution in [0.4, 0.5) is 27.6 Å². The first-order valence-electron chi connectivity index (χ1n) is 14.3. The van der Waals surface area contributed by atoms with Crippen molar-refractivity contribution in [3.05, 3.63) is 74.7 Å². The van der Waals surface area contributed by atoms with Crippen LogP contribution in [-0.4, -0.2) is 48.2 Å². The van der Waals surface area contributed by atoms with E-state index in [0.717, 1.165) is 0 Å². The fraction of sp³-hybridized carbons (Fsp3) is 0.406. The molecule has 0 unspecified atom stereocenters.